The molecular formula is C12H14ClNO3. The number of halogens is 1. The average molecular weight is 256 g/mol. The summed E-state index contributed by atoms with van der Waals surface area (Å²) in [6.07, 6.45) is 1.98. The Hall–Kier alpha value is -1.52. The van der Waals surface area contributed by atoms with E-state index in [1.165, 1.54) is 6.08 Å². The van der Waals surface area contributed by atoms with Gasteiger partial charge in [-0.05, 0) is 23.8 Å². The summed E-state index contributed by atoms with van der Waals surface area (Å²) in [5.41, 5.74) is 1.58. The summed E-state index contributed by atoms with van der Waals surface area (Å²) in [7, 11) is 0. The van der Waals surface area contributed by atoms with Crippen molar-refractivity contribution < 1.29 is 15.0 Å². The third kappa shape index (κ3) is 5.38. The fourth-order valence-corrected chi connectivity index (χ4v) is 1.32. The molecule has 4 nitrogen and oxygen atoms in total. The average Bonchev–Trinajstić information content (AvgIpc) is 2.34. The zero-order valence-corrected chi connectivity index (χ0v) is 9.89. The second-order valence-corrected chi connectivity index (χ2v) is 3.79. The summed E-state index contributed by atoms with van der Waals surface area (Å²) < 4.78 is 0. The Kier molecular flexibility index (Phi) is 5.52. The minimum atomic E-state index is -0.985. The Bertz CT molecular complexity index is 406. The van der Waals surface area contributed by atoms with E-state index in [-0.39, 0.29) is 5.88 Å². The molecule has 0 aliphatic rings. The van der Waals surface area contributed by atoms with Crippen LogP contribution in [0.3, 0.4) is 0 Å². The van der Waals surface area contributed by atoms with E-state index in [0.717, 1.165) is 17.3 Å². The van der Waals surface area contributed by atoms with E-state index in [1.54, 1.807) is 18.2 Å². The molecule has 1 aromatic carbocycles. The second kappa shape index (κ2) is 6.93. The molecule has 92 valence electrons. The van der Waals surface area contributed by atoms with Gasteiger partial charge in [-0.3, -0.25) is 0 Å². The van der Waals surface area contributed by atoms with Crippen molar-refractivity contribution in [3.63, 3.8) is 0 Å². The van der Waals surface area contributed by atoms with Crippen LogP contribution in [0.5, 0.6) is 0 Å². The van der Waals surface area contributed by atoms with Crippen molar-refractivity contribution in [1.82, 2.24) is 0 Å². The number of carbonyl (C=O) groups is 1. The SMILES string of the molecule is O=C(O)C=Cc1cccc(NCC(O)CCl)c1. The van der Waals surface area contributed by atoms with Gasteiger partial charge in [0.25, 0.3) is 0 Å². The quantitative estimate of drug-likeness (QED) is 0.536. The molecule has 0 spiro atoms. The highest BCUT2D eigenvalue weighted by Gasteiger charge is 2.01. The third-order valence-corrected chi connectivity index (χ3v) is 2.38. The van der Waals surface area contributed by atoms with E-state index in [1.807, 2.05) is 6.07 Å². The van der Waals surface area contributed by atoms with Crippen LogP contribution in [0, 0.1) is 0 Å². The first kappa shape index (κ1) is 13.5. The van der Waals surface area contributed by atoms with Crippen LogP contribution in [-0.2, 0) is 4.79 Å². The molecule has 1 rings (SSSR count). The fourth-order valence-electron chi connectivity index (χ4n) is 1.21. The molecule has 1 atom stereocenters. The van der Waals surface area contributed by atoms with Crippen molar-refractivity contribution in [3.05, 3.63) is 35.9 Å². The maximum absolute atomic E-state index is 10.4. The fraction of sp³-hybridized carbons (Fsp3) is 0.250. The Morgan fingerprint density at radius 3 is 2.94 bits per heavy atom. The number of aliphatic carboxylic acids is 1. The van der Waals surface area contributed by atoms with E-state index in [9.17, 15) is 9.90 Å². The number of rotatable bonds is 6. The van der Waals surface area contributed by atoms with Gasteiger partial charge in [0.2, 0.25) is 0 Å². The minimum absolute atomic E-state index is 0.172. The monoisotopic (exact) mass is 255 g/mol. The highest BCUT2D eigenvalue weighted by Crippen LogP contribution is 2.12. The van der Waals surface area contributed by atoms with Crippen LogP contribution in [0.4, 0.5) is 5.69 Å². The summed E-state index contributed by atoms with van der Waals surface area (Å²) >= 11 is 5.47. The van der Waals surface area contributed by atoms with E-state index in [0.29, 0.717) is 6.54 Å². The lowest BCUT2D eigenvalue weighted by molar-refractivity contribution is -0.131. The number of anilines is 1. The first-order valence-electron chi connectivity index (χ1n) is 5.11. The van der Waals surface area contributed by atoms with Crippen LogP contribution in [0.25, 0.3) is 6.08 Å². The van der Waals surface area contributed by atoms with Gasteiger partial charge in [0.15, 0.2) is 0 Å². The molecule has 17 heavy (non-hydrogen) atoms. The topological polar surface area (TPSA) is 69.6 Å². The Morgan fingerprint density at radius 1 is 1.53 bits per heavy atom. The Balaban J connectivity index is 2.62. The van der Waals surface area contributed by atoms with E-state index < -0.39 is 12.1 Å². The Morgan fingerprint density at radius 2 is 2.29 bits per heavy atom. The van der Waals surface area contributed by atoms with E-state index in [4.69, 9.17) is 16.7 Å². The van der Waals surface area contributed by atoms with Crippen LogP contribution in [0.2, 0.25) is 0 Å². The van der Waals surface area contributed by atoms with Gasteiger partial charge in [0.1, 0.15) is 0 Å². The summed E-state index contributed by atoms with van der Waals surface area (Å²) in [6.45, 7) is 0.357. The van der Waals surface area contributed by atoms with Gasteiger partial charge < -0.3 is 15.5 Å². The molecule has 0 amide bonds. The predicted molar refractivity (Wildman–Crippen MR) is 68.3 cm³/mol. The van der Waals surface area contributed by atoms with E-state index >= 15 is 0 Å². The van der Waals surface area contributed by atoms with Gasteiger partial charge in [-0.25, -0.2) is 4.79 Å². The minimum Gasteiger partial charge on any atom is -0.478 e. The zero-order chi connectivity index (χ0) is 12.7. The smallest absolute Gasteiger partial charge is 0.328 e. The van der Waals surface area contributed by atoms with Crippen LogP contribution in [0.1, 0.15) is 5.56 Å². The molecular weight excluding hydrogens is 242 g/mol. The normalized spacial score (nSPS) is 12.6. The molecule has 0 heterocycles. The number of carboxylic acid groups (broad SMARTS) is 1. The molecule has 1 aromatic rings. The standard InChI is InChI=1S/C12H14ClNO3/c13-7-11(15)8-14-10-3-1-2-9(6-10)4-5-12(16)17/h1-6,11,14-15H,7-8H2,(H,16,17). The highest BCUT2D eigenvalue weighted by atomic mass is 35.5. The molecule has 0 bridgehead atoms. The first-order chi connectivity index (χ1) is 8.11. The van der Waals surface area contributed by atoms with Crippen molar-refractivity contribution in [3.8, 4) is 0 Å². The molecule has 0 aliphatic carbocycles. The third-order valence-electron chi connectivity index (χ3n) is 2.02. The number of aliphatic hydroxyl groups is 1. The summed E-state index contributed by atoms with van der Waals surface area (Å²) in [5, 5.41) is 20.8. The van der Waals surface area contributed by atoms with Gasteiger partial charge in [-0.2, -0.15) is 0 Å². The van der Waals surface area contributed by atoms with E-state index in [2.05, 4.69) is 5.32 Å². The molecule has 5 heteroatoms. The molecule has 0 fully saturated rings. The zero-order valence-electron chi connectivity index (χ0n) is 9.14. The van der Waals surface area contributed by atoms with Crippen molar-refractivity contribution in [2.45, 2.75) is 6.10 Å². The molecule has 1 unspecified atom stereocenters. The maximum atomic E-state index is 10.4. The lowest BCUT2D eigenvalue weighted by atomic mass is 10.2. The first-order valence-corrected chi connectivity index (χ1v) is 5.64. The molecule has 0 aliphatic heterocycles. The number of carboxylic acids is 1. The maximum Gasteiger partial charge on any atom is 0.328 e. The van der Waals surface area contributed by atoms with Crippen molar-refractivity contribution >= 4 is 29.3 Å². The lowest BCUT2D eigenvalue weighted by Gasteiger charge is -2.10. The summed E-state index contributed by atoms with van der Waals surface area (Å²) in [5.74, 6) is -0.813. The number of nitrogens with one attached hydrogen (secondary N) is 1. The number of hydrogen-bond acceptors (Lipinski definition) is 3. The molecule has 0 saturated carbocycles. The number of alkyl halides is 1. The van der Waals surface area contributed by atoms with Crippen LogP contribution in [-0.4, -0.2) is 34.7 Å². The number of benzene rings is 1. The molecule has 0 aromatic heterocycles. The molecule has 0 radical (unpaired) electrons. The molecule has 3 N–H and O–H groups in total. The second-order valence-electron chi connectivity index (χ2n) is 3.49. The van der Waals surface area contributed by atoms with Crippen LogP contribution in [0.15, 0.2) is 30.3 Å². The Labute approximate surface area is 105 Å². The summed E-state index contributed by atoms with van der Waals surface area (Å²) in [6, 6.07) is 7.22. The van der Waals surface area contributed by atoms with Crippen molar-refractivity contribution in [1.29, 1.82) is 0 Å². The van der Waals surface area contributed by atoms with Gasteiger partial charge in [0.05, 0.1) is 12.0 Å². The van der Waals surface area contributed by atoms with Crippen molar-refractivity contribution in [2.24, 2.45) is 0 Å². The van der Waals surface area contributed by atoms with Gasteiger partial charge in [-0.15, -0.1) is 11.6 Å². The number of aliphatic hydroxyl groups excluding tert-OH is 1. The number of hydrogen-bond donors (Lipinski definition) is 3. The van der Waals surface area contributed by atoms with Crippen LogP contribution < -0.4 is 5.32 Å². The van der Waals surface area contributed by atoms with Crippen LogP contribution >= 0.6 is 11.6 Å². The highest BCUT2D eigenvalue weighted by molar-refractivity contribution is 6.18. The molecule has 0 saturated heterocycles. The lowest BCUT2D eigenvalue weighted by Crippen LogP contribution is -2.20. The largest absolute Gasteiger partial charge is 0.478 e. The summed E-state index contributed by atoms with van der Waals surface area (Å²) in [4.78, 5) is 10.4. The van der Waals surface area contributed by atoms with Gasteiger partial charge >= 0.3 is 5.97 Å². The van der Waals surface area contributed by atoms with Crippen molar-refractivity contribution in [2.75, 3.05) is 17.7 Å². The predicted octanol–water partition coefficient (Wildman–Crippen LogP) is 1.80. The van der Waals surface area contributed by atoms with Gasteiger partial charge in [-0.1, -0.05) is 12.1 Å². The van der Waals surface area contributed by atoms with Gasteiger partial charge in [0, 0.05) is 18.3 Å².